The highest BCUT2D eigenvalue weighted by molar-refractivity contribution is 5.94. The van der Waals surface area contributed by atoms with Crippen molar-refractivity contribution in [3.8, 4) is 0 Å². The van der Waals surface area contributed by atoms with Crippen LogP contribution in [0.5, 0.6) is 0 Å². The van der Waals surface area contributed by atoms with Crippen molar-refractivity contribution in [1.82, 2.24) is 15.1 Å². The first kappa shape index (κ1) is 18.7. The molecule has 134 valence electrons. The number of aliphatic carboxylic acids is 1. The van der Waals surface area contributed by atoms with E-state index in [1.165, 1.54) is 6.20 Å². The van der Waals surface area contributed by atoms with Crippen molar-refractivity contribution < 1.29 is 14.7 Å². The third-order valence-corrected chi connectivity index (χ3v) is 4.42. The van der Waals surface area contributed by atoms with Gasteiger partial charge in [-0.3, -0.25) is 14.3 Å². The highest BCUT2D eigenvalue weighted by Crippen LogP contribution is 2.28. The molecule has 6 nitrogen and oxygen atoms in total. The number of nitrogens with one attached hydrogen (secondary N) is 1. The zero-order valence-corrected chi connectivity index (χ0v) is 15.1. The second kappa shape index (κ2) is 7.09. The molecule has 1 unspecified atom stereocenters. The zero-order valence-electron chi connectivity index (χ0n) is 15.1. The number of amides is 1. The Balaban J connectivity index is 2.20. The molecule has 0 bridgehead atoms. The number of carboxylic acid groups (broad SMARTS) is 1. The zero-order chi connectivity index (χ0) is 18.7. The van der Waals surface area contributed by atoms with Crippen LogP contribution >= 0.6 is 0 Å². The molecule has 2 aromatic rings. The SMILES string of the molecule is CCC(CNC(=O)c1cnn(C(C)(C)C)c1)(C(=O)O)c1ccccc1. The fraction of sp³-hybridized carbons (Fsp3) is 0.421. The summed E-state index contributed by atoms with van der Waals surface area (Å²) in [5.74, 6) is -1.28. The standard InChI is InChI=1S/C19H25N3O3/c1-5-19(17(24)25,15-9-7-6-8-10-15)13-20-16(23)14-11-21-22(12-14)18(2,3)4/h6-12H,5,13H2,1-4H3,(H,20,23)(H,24,25). The summed E-state index contributed by atoms with van der Waals surface area (Å²) in [6, 6.07) is 9.00. The Bertz CT molecular complexity index is 747. The Labute approximate surface area is 147 Å². The Morgan fingerprint density at radius 2 is 1.84 bits per heavy atom. The molecule has 0 saturated carbocycles. The van der Waals surface area contributed by atoms with Gasteiger partial charge in [0.15, 0.2) is 0 Å². The van der Waals surface area contributed by atoms with Crippen LogP contribution in [-0.2, 0) is 15.7 Å². The highest BCUT2D eigenvalue weighted by Gasteiger charge is 2.39. The number of nitrogens with zero attached hydrogens (tertiary/aromatic N) is 2. The van der Waals surface area contributed by atoms with Gasteiger partial charge >= 0.3 is 5.97 Å². The van der Waals surface area contributed by atoms with Crippen LogP contribution < -0.4 is 5.32 Å². The fourth-order valence-electron chi connectivity index (χ4n) is 2.68. The number of aromatic nitrogens is 2. The molecule has 1 aromatic heterocycles. The Morgan fingerprint density at radius 3 is 2.32 bits per heavy atom. The van der Waals surface area contributed by atoms with Gasteiger partial charge < -0.3 is 10.4 Å². The van der Waals surface area contributed by atoms with E-state index in [0.717, 1.165) is 0 Å². The Morgan fingerprint density at radius 1 is 1.20 bits per heavy atom. The minimum atomic E-state index is -1.16. The molecule has 0 radical (unpaired) electrons. The number of carbonyl (C=O) groups is 2. The molecule has 1 heterocycles. The van der Waals surface area contributed by atoms with Gasteiger partial charge in [0.25, 0.3) is 5.91 Å². The number of carbonyl (C=O) groups excluding carboxylic acids is 1. The summed E-state index contributed by atoms with van der Waals surface area (Å²) in [6.07, 6.45) is 3.54. The van der Waals surface area contributed by atoms with E-state index in [1.54, 1.807) is 35.1 Å². The van der Waals surface area contributed by atoms with E-state index in [2.05, 4.69) is 10.4 Å². The third-order valence-electron chi connectivity index (χ3n) is 4.42. The predicted octanol–water partition coefficient (Wildman–Crippen LogP) is 2.80. The maximum Gasteiger partial charge on any atom is 0.315 e. The van der Waals surface area contributed by atoms with Crippen LogP contribution in [0.4, 0.5) is 0 Å². The number of benzene rings is 1. The van der Waals surface area contributed by atoms with Gasteiger partial charge in [0, 0.05) is 12.7 Å². The molecule has 0 aliphatic heterocycles. The summed E-state index contributed by atoms with van der Waals surface area (Å²) in [5, 5.41) is 16.8. The lowest BCUT2D eigenvalue weighted by Gasteiger charge is -2.29. The maximum absolute atomic E-state index is 12.4. The van der Waals surface area contributed by atoms with Crippen molar-refractivity contribution in [3.05, 3.63) is 53.9 Å². The van der Waals surface area contributed by atoms with E-state index in [1.807, 2.05) is 33.8 Å². The van der Waals surface area contributed by atoms with E-state index in [9.17, 15) is 14.7 Å². The van der Waals surface area contributed by atoms with E-state index < -0.39 is 11.4 Å². The van der Waals surface area contributed by atoms with E-state index in [0.29, 0.717) is 17.5 Å². The number of hydrogen-bond donors (Lipinski definition) is 2. The molecule has 6 heteroatoms. The van der Waals surface area contributed by atoms with Crippen molar-refractivity contribution in [2.45, 2.75) is 45.1 Å². The minimum absolute atomic E-state index is 0.0162. The van der Waals surface area contributed by atoms with Gasteiger partial charge in [0.1, 0.15) is 5.41 Å². The maximum atomic E-state index is 12.4. The van der Waals surface area contributed by atoms with Crippen LogP contribution in [0.2, 0.25) is 0 Å². The first-order chi connectivity index (χ1) is 11.7. The number of hydrogen-bond acceptors (Lipinski definition) is 3. The molecule has 25 heavy (non-hydrogen) atoms. The van der Waals surface area contributed by atoms with Crippen molar-refractivity contribution in [2.24, 2.45) is 0 Å². The quantitative estimate of drug-likeness (QED) is 0.845. The average Bonchev–Trinajstić information content (AvgIpc) is 3.07. The topological polar surface area (TPSA) is 84.2 Å². The van der Waals surface area contributed by atoms with Crippen LogP contribution in [0.25, 0.3) is 0 Å². The summed E-state index contributed by atoms with van der Waals surface area (Å²) in [6.45, 7) is 7.80. The van der Waals surface area contributed by atoms with Crippen LogP contribution in [0.3, 0.4) is 0 Å². The van der Waals surface area contributed by atoms with E-state index in [4.69, 9.17) is 0 Å². The van der Waals surface area contributed by atoms with Gasteiger partial charge in [-0.25, -0.2) is 0 Å². The fourth-order valence-corrected chi connectivity index (χ4v) is 2.68. The van der Waals surface area contributed by atoms with E-state index in [-0.39, 0.29) is 18.0 Å². The van der Waals surface area contributed by atoms with Crippen LogP contribution in [-0.4, -0.2) is 33.3 Å². The first-order valence-electron chi connectivity index (χ1n) is 8.33. The smallest absolute Gasteiger partial charge is 0.315 e. The summed E-state index contributed by atoms with van der Waals surface area (Å²) >= 11 is 0. The monoisotopic (exact) mass is 343 g/mol. The number of carboxylic acids is 1. The minimum Gasteiger partial charge on any atom is -0.481 e. The largest absolute Gasteiger partial charge is 0.481 e. The normalized spacial score (nSPS) is 13.9. The van der Waals surface area contributed by atoms with Gasteiger partial charge in [-0.2, -0.15) is 5.10 Å². The summed E-state index contributed by atoms with van der Waals surface area (Å²) in [4.78, 5) is 24.4. The predicted molar refractivity (Wildman–Crippen MR) is 95.6 cm³/mol. The lowest BCUT2D eigenvalue weighted by Crippen LogP contribution is -2.46. The lowest BCUT2D eigenvalue weighted by atomic mass is 9.78. The van der Waals surface area contributed by atoms with Crippen LogP contribution in [0.15, 0.2) is 42.7 Å². The molecule has 0 saturated heterocycles. The second-order valence-corrected chi connectivity index (χ2v) is 7.13. The summed E-state index contributed by atoms with van der Waals surface area (Å²) in [5.41, 5.74) is -0.289. The van der Waals surface area contributed by atoms with Crippen LogP contribution in [0, 0.1) is 0 Å². The molecule has 2 N–H and O–H groups in total. The highest BCUT2D eigenvalue weighted by atomic mass is 16.4. The Hall–Kier alpha value is -2.63. The van der Waals surface area contributed by atoms with Crippen molar-refractivity contribution in [2.75, 3.05) is 6.54 Å². The first-order valence-corrected chi connectivity index (χ1v) is 8.33. The second-order valence-electron chi connectivity index (χ2n) is 7.13. The molecular formula is C19H25N3O3. The molecule has 0 aliphatic rings. The van der Waals surface area contributed by atoms with Gasteiger partial charge in [-0.05, 0) is 32.8 Å². The van der Waals surface area contributed by atoms with Gasteiger partial charge in [-0.15, -0.1) is 0 Å². The molecular weight excluding hydrogens is 318 g/mol. The van der Waals surface area contributed by atoms with Gasteiger partial charge in [0.05, 0.1) is 17.3 Å². The third kappa shape index (κ3) is 3.90. The van der Waals surface area contributed by atoms with Gasteiger partial charge in [-0.1, -0.05) is 37.3 Å². The van der Waals surface area contributed by atoms with E-state index >= 15 is 0 Å². The molecule has 0 spiro atoms. The molecule has 0 aliphatic carbocycles. The van der Waals surface area contributed by atoms with Gasteiger partial charge in [0.2, 0.25) is 0 Å². The van der Waals surface area contributed by atoms with Crippen LogP contribution in [0.1, 0.15) is 50.0 Å². The lowest BCUT2D eigenvalue weighted by molar-refractivity contribution is -0.143. The molecule has 1 atom stereocenters. The average molecular weight is 343 g/mol. The Kier molecular flexibility index (Phi) is 5.30. The molecule has 1 aromatic carbocycles. The summed E-state index contributed by atoms with van der Waals surface area (Å²) in [7, 11) is 0. The van der Waals surface area contributed by atoms with Crippen molar-refractivity contribution in [3.63, 3.8) is 0 Å². The molecule has 0 fully saturated rings. The molecule has 1 amide bonds. The molecule has 2 rings (SSSR count). The van der Waals surface area contributed by atoms with Crippen molar-refractivity contribution >= 4 is 11.9 Å². The number of rotatable bonds is 6. The summed E-state index contributed by atoms with van der Waals surface area (Å²) < 4.78 is 1.71. The van der Waals surface area contributed by atoms with Crippen molar-refractivity contribution in [1.29, 1.82) is 0 Å².